The van der Waals surface area contributed by atoms with Crippen LogP contribution in [-0.4, -0.2) is 18.5 Å². The van der Waals surface area contributed by atoms with Gasteiger partial charge in [0, 0.05) is 11.3 Å². The van der Waals surface area contributed by atoms with Crippen LogP contribution in [0.15, 0.2) is 82.4 Å². The minimum absolute atomic E-state index is 0.0331. The Kier molecular flexibility index (Phi) is 5.80. The fraction of sp³-hybridized carbons (Fsp3) is 0.0909. The van der Waals surface area contributed by atoms with Crippen molar-refractivity contribution in [1.82, 2.24) is 9.78 Å². The summed E-state index contributed by atoms with van der Waals surface area (Å²) in [6.45, 7) is 0.394. The Hall–Kier alpha value is -2.87. The van der Waals surface area contributed by atoms with Gasteiger partial charge in [-0.2, -0.15) is 16.4 Å². The first-order valence-corrected chi connectivity index (χ1v) is 11.1. The fourth-order valence-electron chi connectivity index (χ4n) is 3.18. The second-order valence-corrected chi connectivity index (χ2v) is 8.21. The van der Waals surface area contributed by atoms with Crippen molar-refractivity contribution in [1.29, 1.82) is 0 Å². The van der Waals surface area contributed by atoms with Crippen molar-refractivity contribution in [2.75, 3.05) is 0 Å². The molecule has 1 atom stereocenters. The summed E-state index contributed by atoms with van der Waals surface area (Å²) in [5.41, 5.74) is 4.54. The minimum atomic E-state index is -2.14. The van der Waals surface area contributed by atoms with Crippen LogP contribution < -0.4 is 5.56 Å². The first kappa shape index (κ1) is 19.4. The topological polar surface area (TPSA) is 75.0 Å². The van der Waals surface area contributed by atoms with Gasteiger partial charge < -0.3 is 4.55 Å². The van der Waals surface area contributed by atoms with Gasteiger partial charge in [-0.25, -0.2) is 4.68 Å². The summed E-state index contributed by atoms with van der Waals surface area (Å²) in [5, 5.41) is 8.28. The van der Waals surface area contributed by atoms with Crippen molar-refractivity contribution in [3.63, 3.8) is 0 Å². The zero-order valence-corrected chi connectivity index (χ0v) is 17.0. The molecule has 2 heterocycles. The van der Waals surface area contributed by atoms with Crippen LogP contribution in [0.4, 0.5) is 0 Å². The van der Waals surface area contributed by atoms with Crippen molar-refractivity contribution in [3.05, 3.63) is 99.1 Å². The van der Waals surface area contributed by atoms with Crippen LogP contribution in [-0.2, 0) is 23.4 Å². The molecule has 2 aromatic heterocycles. The molecule has 0 amide bonds. The zero-order chi connectivity index (χ0) is 20.2. The van der Waals surface area contributed by atoms with Gasteiger partial charge in [0.05, 0.1) is 18.3 Å². The summed E-state index contributed by atoms with van der Waals surface area (Å²) in [7, 11) is 0. The van der Waals surface area contributed by atoms with Crippen LogP contribution in [0.1, 0.15) is 11.1 Å². The molecular weight excluding hydrogens is 404 g/mol. The van der Waals surface area contributed by atoms with Gasteiger partial charge in [0.2, 0.25) is 0 Å². The van der Waals surface area contributed by atoms with Gasteiger partial charge in [-0.15, -0.1) is 0 Å². The number of aromatic nitrogens is 2. The van der Waals surface area contributed by atoms with Crippen molar-refractivity contribution in [2.45, 2.75) is 12.3 Å². The van der Waals surface area contributed by atoms with Crippen molar-refractivity contribution in [2.24, 2.45) is 0 Å². The molecule has 0 N–H and O–H groups in total. The van der Waals surface area contributed by atoms with Crippen LogP contribution in [0.25, 0.3) is 22.3 Å². The molecule has 0 saturated carbocycles. The van der Waals surface area contributed by atoms with Crippen molar-refractivity contribution in [3.8, 4) is 22.3 Å². The second kappa shape index (κ2) is 8.65. The van der Waals surface area contributed by atoms with Crippen LogP contribution in [0.5, 0.6) is 0 Å². The second-order valence-electron chi connectivity index (χ2n) is 6.54. The molecule has 7 heteroatoms. The molecule has 0 spiro atoms. The summed E-state index contributed by atoms with van der Waals surface area (Å²) in [4.78, 5) is 13.3. The maximum atomic E-state index is 13.3. The Morgan fingerprint density at radius 2 is 1.72 bits per heavy atom. The van der Waals surface area contributed by atoms with E-state index in [1.54, 1.807) is 18.3 Å². The molecule has 4 rings (SSSR count). The average Bonchev–Trinajstić information content (AvgIpc) is 3.25. The zero-order valence-electron chi connectivity index (χ0n) is 15.4. The third-order valence-corrected chi connectivity index (χ3v) is 5.83. The SMILES string of the molecule is O=c1c(-c2ccsc2)c(-c2ccc(CS(=O)[O-])cc2)cnn1Cc1ccccc1. The molecule has 2 aromatic carbocycles. The Morgan fingerprint density at radius 1 is 0.966 bits per heavy atom. The first-order chi connectivity index (χ1) is 14.1. The summed E-state index contributed by atoms with van der Waals surface area (Å²) in [6, 6.07) is 18.8. The molecule has 0 aliphatic rings. The molecule has 4 aromatic rings. The van der Waals surface area contributed by atoms with E-state index in [4.69, 9.17) is 0 Å². The minimum Gasteiger partial charge on any atom is -0.772 e. The number of benzene rings is 2. The van der Waals surface area contributed by atoms with Gasteiger partial charge in [-0.3, -0.25) is 9.00 Å². The molecule has 146 valence electrons. The highest BCUT2D eigenvalue weighted by molar-refractivity contribution is 7.78. The normalized spacial score (nSPS) is 12.0. The smallest absolute Gasteiger partial charge is 0.275 e. The summed E-state index contributed by atoms with van der Waals surface area (Å²) in [6.07, 6.45) is 1.71. The maximum absolute atomic E-state index is 13.3. The summed E-state index contributed by atoms with van der Waals surface area (Å²) < 4.78 is 23.3. The van der Waals surface area contributed by atoms with E-state index in [0.29, 0.717) is 17.7 Å². The Labute approximate surface area is 174 Å². The predicted molar refractivity (Wildman–Crippen MR) is 115 cm³/mol. The number of thiophene rings is 1. The van der Waals surface area contributed by atoms with Crippen LogP contribution in [0, 0.1) is 0 Å². The van der Waals surface area contributed by atoms with Gasteiger partial charge >= 0.3 is 0 Å². The molecule has 0 aliphatic carbocycles. The quantitative estimate of drug-likeness (QED) is 0.440. The third-order valence-electron chi connectivity index (χ3n) is 4.58. The average molecular weight is 422 g/mol. The van der Waals surface area contributed by atoms with Gasteiger partial charge in [0.25, 0.3) is 5.56 Å². The predicted octanol–water partition coefficient (Wildman–Crippen LogP) is 4.07. The maximum Gasteiger partial charge on any atom is 0.275 e. The molecule has 0 fully saturated rings. The monoisotopic (exact) mass is 421 g/mol. The van der Waals surface area contributed by atoms with E-state index in [1.165, 1.54) is 16.0 Å². The van der Waals surface area contributed by atoms with E-state index < -0.39 is 11.1 Å². The molecule has 0 saturated heterocycles. The number of nitrogens with zero attached hydrogens (tertiary/aromatic N) is 2. The lowest BCUT2D eigenvalue weighted by Crippen LogP contribution is -2.25. The molecule has 0 aliphatic heterocycles. The van der Waals surface area contributed by atoms with Gasteiger partial charge in [0.1, 0.15) is 0 Å². The third kappa shape index (κ3) is 4.42. The lowest BCUT2D eigenvalue weighted by Gasteiger charge is -2.13. The number of rotatable bonds is 6. The number of hydrogen-bond acceptors (Lipinski definition) is 5. The molecule has 0 bridgehead atoms. The van der Waals surface area contributed by atoms with Crippen LogP contribution in [0.2, 0.25) is 0 Å². The van der Waals surface area contributed by atoms with Crippen molar-refractivity contribution < 1.29 is 8.76 Å². The molecule has 5 nitrogen and oxygen atoms in total. The largest absolute Gasteiger partial charge is 0.772 e. The standard InChI is InChI=1S/C22H18N2O3S2/c25-22-21(19-10-11-28-14-19)20(18-8-6-17(7-9-18)15-29(26)27)12-23-24(22)13-16-4-2-1-3-5-16/h1-12,14H,13,15H2,(H,26,27)/p-1. The van der Waals surface area contributed by atoms with Crippen molar-refractivity contribution >= 4 is 22.4 Å². The lowest BCUT2D eigenvalue weighted by atomic mass is 9.98. The molecule has 1 unspecified atom stereocenters. The van der Waals surface area contributed by atoms with E-state index in [9.17, 15) is 13.6 Å². The Morgan fingerprint density at radius 3 is 2.38 bits per heavy atom. The lowest BCUT2D eigenvalue weighted by molar-refractivity contribution is 0.536. The van der Waals surface area contributed by atoms with Crippen LogP contribution >= 0.6 is 11.3 Å². The van der Waals surface area contributed by atoms with E-state index in [0.717, 1.165) is 22.3 Å². The molecule has 0 radical (unpaired) electrons. The molecular formula is C22H17N2O3S2-. The number of hydrogen-bond donors (Lipinski definition) is 0. The highest BCUT2D eigenvalue weighted by atomic mass is 32.2. The summed E-state index contributed by atoms with van der Waals surface area (Å²) >= 11 is -0.608. The van der Waals surface area contributed by atoms with Gasteiger partial charge in [0.15, 0.2) is 0 Å². The Balaban J connectivity index is 1.79. The highest BCUT2D eigenvalue weighted by Gasteiger charge is 2.16. The van der Waals surface area contributed by atoms with E-state index in [1.807, 2.05) is 59.3 Å². The van der Waals surface area contributed by atoms with E-state index in [2.05, 4.69) is 5.10 Å². The van der Waals surface area contributed by atoms with Crippen LogP contribution in [0.3, 0.4) is 0 Å². The van der Waals surface area contributed by atoms with E-state index in [-0.39, 0.29) is 11.3 Å². The molecule has 29 heavy (non-hydrogen) atoms. The Bertz CT molecular complexity index is 1190. The summed E-state index contributed by atoms with van der Waals surface area (Å²) in [5.74, 6) is -0.0331. The van der Waals surface area contributed by atoms with Gasteiger partial charge in [-0.1, -0.05) is 65.7 Å². The fourth-order valence-corrected chi connectivity index (χ4v) is 4.29. The van der Waals surface area contributed by atoms with Gasteiger partial charge in [-0.05, 0) is 39.1 Å². The first-order valence-electron chi connectivity index (χ1n) is 8.93. The van der Waals surface area contributed by atoms with E-state index >= 15 is 0 Å². The highest BCUT2D eigenvalue weighted by Crippen LogP contribution is 2.30.